The first-order valence-electron chi connectivity index (χ1n) is 7.99. The minimum absolute atomic E-state index is 0.566. The van der Waals surface area contributed by atoms with Crippen LogP contribution in [-0.4, -0.2) is 28.9 Å². The molecule has 2 rings (SSSR count). The molecule has 2 fully saturated rings. The maximum Gasteiger partial charge on any atom is 0.0100 e. The van der Waals surface area contributed by atoms with E-state index in [4.69, 9.17) is 0 Å². The van der Waals surface area contributed by atoms with Crippen LogP contribution < -0.4 is 0 Å². The summed E-state index contributed by atoms with van der Waals surface area (Å²) < 4.78 is 0. The lowest BCUT2D eigenvalue weighted by Gasteiger charge is -2.45. The van der Waals surface area contributed by atoms with Crippen molar-refractivity contribution in [1.82, 2.24) is 4.90 Å². The fourth-order valence-corrected chi connectivity index (χ4v) is 4.72. The van der Waals surface area contributed by atoms with E-state index in [1.165, 1.54) is 69.7 Å². The van der Waals surface area contributed by atoms with Gasteiger partial charge in [-0.2, -0.15) is 0 Å². The summed E-state index contributed by atoms with van der Waals surface area (Å²) in [4.78, 5) is 2.82. The Labute approximate surface area is 122 Å². The third kappa shape index (κ3) is 3.50. The highest BCUT2D eigenvalue weighted by molar-refractivity contribution is 9.09. The van der Waals surface area contributed by atoms with Gasteiger partial charge in [0, 0.05) is 24.0 Å². The summed E-state index contributed by atoms with van der Waals surface area (Å²) in [6.07, 6.45) is 12.9. The van der Waals surface area contributed by atoms with Crippen LogP contribution in [-0.2, 0) is 0 Å². The van der Waals surface area contributed by atoms with Crippen LogP contribution in [0.3, 0.4) is 0 Å². The Balaban J connectivity index is 2.03. The van der Waals surface area contributed by atoms with Crippen molar-refractivity contribution < 1.29 is 0 Å². The van der Waals surface area contributed by atoms with Crippen LogP contribution in [0.25, 0.3) is 0 Å². The zero-order valence-electron chi connectivity index (χ0n) is 12.3. The molecule has 0 unspecified atom stereocenters. The van der Waals surface area contributed by atoms with E-state index in [9.17, 15) is 0 Å². The van der Waals surface area contributed by atoms with Gasteiger partial charge in [0.05, 0.1) is 0 Å². The molecule has 0 radical (unpaired) electrons. The van der Waals surface area contributed by atoms with Crippen LogP contribution in [0, 0.1) is 5.41 Å². The van der Waals surface area contributed by atoms with E-state index in [1.54, 1.807) is 0 Å². The highest BCUT2D eigenvalue weighted by atomic mass is 79.9. The first-order valence-corrected chi connectivity index (χ1v) is 9.11. The van der Waals surface area contributed by atoms with E-state index in [0.717, 1.165) is 12.1 Å². The monoisotopic (exact) mass is 315 g/mol. The smallest absolute Gasteiger partial charge is 0.0100 e. The second-order valence-corrected chi connectivity index (χ2v) is 7.41. The molecule has 0 aromatic heterocycles. The van der Waals surface area contributed by atoms with Crippen LogP contribution in [0.4, 0.5) is 0 Å². The topological polar surface area (TPSA) is 3.24 Å². The van der Waals surface area contributed by atoms with Gasteiger partial charge >= 0.3 is 0 Å². The molecule has 2 heteroatoms. The molecule has 1 aliphatic heterocycles. The molecule has 1 aliphatic carbocycles. The highest BCUT2D eigenvalue weighted by Crippen LogP contribution is 2.39. The van der Waals surface area contributed by atoms with Gasteiger partial charge < -0.3 is 0 Å². The number of nitrogens with zero attached hydrogens (tertiary/aromatic N) is 1. The Hall–Kier alpha value is 0.440. The van der Waals surface area contributed by atoms with Crippen LogP contribution in [0.15, 0.2) is 0 Å². The third-order valence-corrected chi connectivity index (χ3v) is 6.53. The van der Waals surface area contributed by atoms with Gasteiger partial charge in [0.15, 0.2) is 0 Å². The van der Waals surface area contributed by atoms with Crippen molar-refractivity contribution in [2.24, 2.45) is 5.41 Å². The molecule has 106 valence electrons. The first-order chi connectivity index (χ1) is 8.67. The Morgan fingerprint density at radius 2 is 1.50 bits per heavy atom. The van der Waals surface area contributed by atoms with Crippen molar-refractivity contribution in [3.8, 4) is 0 Å². The van der Waals surface area contributed by atoms with Crippen molar-refractivity contribution in [3.63, 3.8) is 0 Å². The van der Waals surface area contributed by atoms with Gasteiger partial charge in [-0.3, -0.25) is 4.90 Å². The Morgan fingerprint density at radius 3 is 2.00 bits per heavy atom. The van der Waals surface area contributed by atoms with Gasteiger partial charge in [0.2, 0.25) is 0 Å². The van der Waals surface area contributed by atoms with Crippen LogP contribution in [0.5, 0.6) is 0 Å². The normalized spacial score (nSPS) is 34.2. The van der Waals surface area contributed by atoms with Crippen LogP contribution in [0.2, 0.25) is 0 Å². The third-order valence-electron chi connectivity index (χ3n) is 5.34. The molecule has 0 bridgehead atoms. The molecule has 0 amide bonds. The summed E-state index contributed by atoms with van der Waals surface area (Å²) in [6.45, 7) is 6.21. The fraction of sp³-hybridized carbons (Fsp3) is 1.00. The molecule has 1 heterocycles. The van der Waals surface area contributed by atoms with Crippen molar-refractivity contribution in [2.75, 3.05) is 11.9 Å². The summed E-state index contributed by atoms with van der Waals surface area (Å²) in [6, 6.07) is 1.60. The van der Waals surface area contributed by atoms with Crippen molar-refractivity contribution in [3.05, 3.63) is 0 Å². The lowest BCUT2D eigenvalue weighted by Crippen LogP contribution is -2.49. The van der Waals surface area contributed by atoms with E-state index in [1.807, 2.05) is 0 Å². The molecule has 0 N–H and O–H groups in total. The standard InChI is InChI=1S/C16H30BrN/c1-14-8-7-9-15(2)18(14)13-16(12-17)10-5-3-4-6-11-16/h14-15H,3-13H2,1-2H3/t14-,15+. The predicted octanol–water partition coefficient (Wildman–Crippen LogP) is 4.98. The fourth-order valence-electron chi connectivity index (χ4n) is 3.99. The zero-order valence-corrected chi connectivity index (χ0v) is 13.8. The molecule has 1 saturated heterocycles. The number of likely N-dealkylation sites (tertiary alicyclic amines) is 1. The van der Waals surface area contributed by atoms with Gasteiger partial charge in [-0.05, 0) is 44.9 Å². The van der Waals surface area contributed by atoms with E-state index >= 15 is 0 Å². The largest absolute Gasteiger partial charge is 0.297 e. The highest BCUT2D eigenvalue weighted by Gasteiger charge is 2.35. The number of alkyl halides is 1. The van der Waals surface area contributed by atoms with E-state index in [2.05, 4.69) is 34.7 Å². The Bertz CT molecular complexity index is 235. The minimum Gasteiger partial charge on any atom is -0.297 e. The molecule has 0 aromatic rings. The molecule has 2 aliphatic rings. The molecule has 1 nitrogen and oxygen atoms in total. The molecule has 2 atom stereocenters. The van der Waals surface area contributed by atoms with Gasteiger partial charge in [-0.1, -0.05) is 48.0 Å². The maximum absolute atomic E-state index is 3.84. The second kappa shape index (κ2) is 6.74. The van der Waals surface area contributed by atoms with Gasteiger partial charge in [-0.25, -0.2) is 0 Å². The number of rotatable bonds is 3. The van der Waals surface area contributed by atoms with Crippen molar-refractivity contribution in [1.29, 1.82) is 0 Å². The molecule has 0 spiro atoms. The van der Waals surface area contributed by atoms with Gasteiger partial charge in [-0.15, -0.1) is 0 Å². The predicted molar refractivity (Wildman–Crippen MR) is 83.4 cm³/mol. The summed E-state index contributed by atoms with van der Waals surface area (Å²) in [5, 5.41) is 1.20. The van der Waals surface area contributed by atoms with E-state index in [-0.39, 0.29) is 0 Å². The summed E-state index contributed by atoms with van der Waals surface area (Å²) in [5.41, 5.74) is 0.566. The number of piperidine rings is 1. The van der Waals surface area contributed by atoms with Gasteiger partial charge in [0.25, 0.3) is 0 Å². The quantitative estimate of drug-likeness (QED) is 0.524. The van der Waals surface area contributed by atoms with Gasteiger partial charge in [0.1, 0.15) is 0 Å². The second-order valence-electron chi connectivity index (χ2n) is 6.85. The SMILES string of the molecule is C[C@@H]1CCC[C@H](C)N1CC1(CBr)CCCCCC1. The average molecular weight is 316 g/mol. The molecule has 1 saturated carbocycles. The molecule has 18 heavy (non-hydrogen) atoms. The lowest BCUT2D eigenvalue weighted by atomic mass is 9.80. The van der Waals surface area contributed by atoms with Crippen LogP contribution >= 0.6 is 15.9 Å². The lowest BCUT2D eigenvalue weighted by molar-refractivity contribution is 0.0501. The van der Waals surface area contributed by atoms with Crippen LogP contribution in [0.1, 0.15) is 71.6 Å². The number of hydrogen-bond acceptors (Lipinski definition) is 1. The average Bonchev–Trinajstić information content (AvgIpc) is 2.60. The minimum atomic E-state index is 0.566. The Kier molecular flexibility index (Phi) is 5.56. The van der Waals surface area contributed by atoms with Crippen molar-refractivity contribution in [2.45, 2.75) is 83.7 Å². The number of hydrogen-bond donors (Lipinski definition) is 0. The summed E-state index contributed by atoms with van der Waals surface area (Å²) in [5.74, 6) is 0. The maximum atomic E-state index is 3.84. The first kappa shape index (κ1) is 14.8. The van der Waals surface area contributed by atoms with Crippen molar-refractivity contribution >= 4 is 15.9 Å². The summed E-state index contributed by atoms with van der Waals surface area (Å²) >= 11 is 3.84. The van der Waals surface area contributed by atoms with E-state index in [0.29, 0.717) is 5.41 Å². The van der Waals surface area contributed by atoms with E-state index < -0.39 is 0 Å². The number of halogens is 1. The Morgan fingerprint density at radius 1 is 0.944 bits per heavy atom. The molecular weight excluding hydrogens is 286 g/mol. The molecule has 0 aromatic carbocycles. The molecular formula is C16H30BrN. The zero-order chi connectivity index (χ0) is 13.0. The summed E-state index contributed by atoms with van der Waals surface area (Å²) in [7, 11) is 0.